The first kappa shape index (κ1) is 14.7. The molecule has 0 atom stereocenters. The molecule has 0 radical (unpaired) electrons. The van der Waals surface area contributed by atoms with E-state index in [1.54, 1.807) is 0 Å². The summed E-state index contributed by atoms with van der Waals surface area (Å²) >= 11 is 10.0. The van der Waals surface area contributed by atoms with Gasteiger partial charge in [-0.3, -0.25) is 0 Å². The van der Waals surface area contributed by atoms with Crippen molar-refractivity contribution in [1.29, 1.82) is 0 Å². The first-order valence-electron chi connectivity index (χ1n) is 4.95. The second-order valence-corrected chi connectivity index (χ2v) is 3.57. The van der Waals surface area contributed by atoms with Crippen LogP contribution in [-0.4, -0.2) is 0 Å². The minimum atomic E-state index is 0.530. The predicted octanol–water partition coefficient (Wildman–Crippen LogP) is 4.56. The first-order valence-corrected chi connectivity index (χ1v) is 12.3. The molecule has 4 heteroatoms. The van der Waals surface area contributed by atoms with Crippen molar-refractivity contribution in [3.8, 4) is 5.75 Å². The van der Waals surface area contributed by atoms with Crippen molar-refractivity contribution in [2.24, 2.45) is 0 Å². The van der Waals surface area contributed by atoms with Gasteiger partial charge in [0.15, 0.2) is 0 Å². The van der Waals surface area contributed by atoms with Crippen LogP contribution >= 0.6 is 25.2 Å². The van der Waals surface area contributed by atoms with Gasteiger partial charge >= 0.3 is 30.0 Å². The van der Waals surface area contributed by atoms with Crippen LogP contribution in [-0.2, 0) is 22.9 Å². The van der Waals surface area contributed by atoms with Crippen LogP contribution in [0.5, 0.6) is 5.75 Å². The van der Waals surface area contributed by atoms with Crippen molar-refractivity contribution in [2.45, 2.75) is 6.61 Å². The Balaban J connectivity index is 0.000000686. The summed E-state index contributed by atoms with van der Waals surface area (Å²) in [5.41, 5.74) is 1.03. The van der Waals surface area contributed by atoms with E-state index in [0.29, 0.717) is 11.6 Å². The summed E-state index contributed by atoms with van der Waals surface area (Å²) in [4.78, 5) is 0. The molecule has 0 N–H and O–H groups in total. The molecule has 84 valence electrons. The second kappa shape index (κ2) is 8.68. The molecule has 0 amide bonds. The number of halogens is 2. The summed E-state index contributed by atoms with van der Waals surface area (Å²) in [7, 11) is 0. The van der Waals surface area contributed by atoms with Crippen LogP contribution < -0.4 is 4.74 Å². The van der Waals surface area contributed by atoms with Gasteiger partial charge in [0.05, 0.1) is 6.61 Å². The molecule has 0 spiro atoms. The van der Waals surface area contributed by atoms with Crippen LogP contribution in [0.3, 0.4) is 0 Å². The number of benzene rings is 2. The molecule has 0 aliphatic carbocycles. The Kier molecular flexibility index (Phi) is 7.51. The van der Waals surface area contributed by atoms with Gasteiger partial charge in [-0.25, -0.2) is 0 Å². The van der Waals surface area contributed by atoms with E-state index in [-0.39, 0.29) is 0 Å². The first-order chi connectivity index (χ1) is 8.34. The van der Waals surface area contributed by atoms with E-state index in [2.05, 4.69) is 19.7 Å². The Morgan fingerprint density at radius 1 is 1.12 bits per heavy atom. The van der Waals surface area contributed by atoms with Gasteiger partial charge in [-0.05, 0) is 24.3 Å². The van der Waals surface area contributed by atoms with Crippen LogP contribution in [0, 0.1) is 6.07 Å². The van der Waals surface area contributed by atoms with E-state index >= 15 is 0 Å². The summed E-state index contributed by atoms with van der Waals surface area (Å²) < 4.78 is 5.56. The monoisotopic (exact) mass is 360 g/mol. The molecule has 0 saturated carbocycles. The van der Waals surface area contributed by atoms with Gasteiger partial charge in [0.1, 0.15) is 5.75 Å². The molecule has 0 aliphatic heterocycles. The number of hydrogen-bond acceptors (Lipinski definition) is 1. The topological polar surface area (TPSA) is 9.23 Å². The number of ether oxygens (including phenoxy) is 1. The van der Waals surface area contributed by atoms with Crippen molar-refractivity contribution in [3.05, 3.63) is 65.2 Å². The summed E-state index contributed by atoms with van der Waals surface area (Å²) in [6, 6.07) is 18.2. The summed E-state index contributed by atoms with van der Waals surface area (Å²) in [5, 5.41) is 0.716. The third kappa shape index (κ3) is 5.67. The molecule has 17 heavy (non-hydrogen) atoms. The standard InChI is InChI=1S/C13H10ClO.BrH.Zn/c14-12-6-8-13(9-7-12)15-10-11-4-2-1-3-5-11;;/h1-4,6-9H,10H2;1H;/q-1;;+2/p-1. The van der Waals surface area contributed by atoms with Gasteiger partial charge in [-0.15, -0.1) is 5.56 Å². The molecule has 2 aromatic carbocycles. The average molecular weight is 363 g/mol. The average Bonchev–Trinajstić information content (AvgIpc) is 2.42. The maximum atomic E-state index is 5.77. The molecule has 2 rings (SSSR count). The van der Waals surface area contributed by atoms with Gasteiger partial charge in [-0.2, -0.15) is 30.3 Å². The SMILES string of the molecule is Clc1ccc(OCc2[c-]cccc2)cc1.[Zn+][Br]. The Morgan fingerprint density at radius 3 is 2.41 bits per heavy atom. The van der Waals surface area contributed by atoms with E-state index in [4.69, 9.17) is 16.3 Å². The molecular weight excluding hydrogens is 353 g/mol. The quantitative estimate of drug-likeness (QED) is 0.574. The Labute approximate surface area is 123 Å². The fourth-order valence-electron chi connectivity index (χ4n) is 1.21. The van der Waals surface area contributed by atoms with Crippen molar-refractivity contribution in [2.75, 3.05) is 0 Å². The normalized spacial score (nSPS) is 9.18. The molecule has 1 nitrogen and oxygen atoms in total. The van der Waals surface area contributed by atoms with E-state index in [1.807, 2.05) is 48.5 Å². The van der Waals surface area contributed by atoms with Crippen molar-refractivity contribution >= 4 is 25.2 Å². The zero-order valence-corrected chi connectivity index (χ0v) is 14.5. The van der Waals surface area contributed by atoms with Gasteiger partial charge in [0, 0.05) is 5.02 Å². The maximum absolute atomic E-state index is 5.77. The molecular formula is C13H10BrClOZn. The zero-order chi connectivity index (χ0) is 12.5. The van der Waals surface area contributed by atoms with E-state index in [1.165, 1.54) is 16.3 Å². The second-order valence-electron chi connectivity index (χ2n) is 3.13. The van der Waals surface area contributed by atoms with Crippen molar-refractivity contribution < 1.29 is 21.1 Å². The van der Waals surface area contributed by atoms with Gasteiger partial charge in [-0.1, -0.05) is 11.6 Å². The van der Waals surface area contributed by atoms with Crippen LogP contribution in [0.2, 0.25) is 5.02 Å². The molecule has 0 aromatic heterocycles. The molecule has 0 fully saturated rings. The van der Waals surface area contributed by atoms with Gasteiger partial charge < -0.3 is 4.74 Å². The summed E-state index contributed by atoms with van der Waals surface area (Å²) in [6.07, 6.45) is 0. The van der Waals surface area contributed by atoms with Crippen molar-refractivity contribution in [3.63, 3.8) is 0 Å². The Hall–Kier alpha value is -0.367. The Bertz CT molecular complexity index is 419. The van der Waals surface area contributed by atoms with Crippen molar-refractivity contribution in [1.82, 2.24) is 0 Å². The summed E-state index contributed by atoms with van der Waals surface area (Å²) in [6.45, 7) is 0.530. The molecule has 0 aliphatic rings. The van der Waals surface area contributed by atoms with E-state index in [9.17, 15) is 0 Å². The third-order valence-corrected chi connectivity index (χ3v) is 2.23. The van der Waals surface area contributed by atoms with Crippen LogP contribution in [0.15, 0.2) is 48.5 Å². The van der Waals surface area contributed by atoms with Gasteiger partial charge in [0.2, 0.25) is 0 Å². The fraction of sp³-hybridized carbons (Fsp3) is 0.0769. The third-order valence-electron chi connectivity index (χ3n) is 1.98. The molecule has 0 unspecified atom stereocenters. The molecule has 0 saturated heterocycles. The number of rotatable bonds is 3. The molecule has 0 bridgehead atoms. The predicted molar refractivity (Wildman–Crippen MR) is 70.0 cm³/mol. The van der Waals surface area contributed by atoms with Gasteiger partial charge in [0.25, 0.3) is 0 Å². The molecule has 2 aromatic rings. The van der Waals surface area contributed by atoms with E-state index < -0.39 is 0 Å². The summed E-state index contributed by atoms with van der Waals surface area (Å²) in [5.74, 6) is 0.816. The number of hydrogen-bond donors (Lipinski definition) is 0. The van der Waals surface area contributed by atoms with Crippen LogP contribution in [0.1, 0.15) is 5.56 Å². The fourth-order valence-corrected chi connectivity index (χ4v) is 1.34. The van der Waals surface area contributed by atoms with Crippen LogP contribution in [0.25, 0.3) is 0 Å². The minimum absolute atomic E-state index is 0.530. The van der Waals surface area contributed by atoms with Crippen LogP contribution in [0.4, 0.5) is 0 Å². The zero-order valence-electron chi connectivity index (χ0n) is 9.20. The van der Waals surface area contributed by atoms with E-state index in [0.717, 1.165) is 11.3 Å². The molecule has 0 heterocycles. The Morgan fingerprint density at radius 2 is 1.82 bits per heavy atom.